The molecule has 0 heterocycles. The molecule has 0 amide bonds. The maximum atomic E-state index is 3.80. The molecule has 4 atom stereocenters. The van der Waals surface area contributed by atoms with Crippen LogP contribution in [0.2, 0.25) is 0 Å². The summed E-state index contributed by atoms with van der Waals surface area (Å²) in [6, 6.07) is 7.19. The average molecular weight is 336 g/mol. The predicted octanol–water partition coefficient (Wildman–Crippen LogP) is 5.23. The van der Waals surface area contributed by atoms with Gasteiger partial charge in [0, 0.05) is 10.5 Å². The first kappa shape index (κ1) is 14.6. The zero-order valence-electron chi connectivity index (χ0n) is 12.7. The third-order valence-electron chi connectivity index (χ3n) is 5.47. The van der Waals surface area contributed by atoms with E-state index in [1.807, 2.05) is 0 Å². The van der Waals surface area contributed by atoms with E-state index in [4.69, 9.17) is 0 Å². The van der Waals surface area contributed by atoms with Gasteiger partial charge in [-0.1, -0.05) is 47.5 Å². The van der Waals surface area contributed by atoms with E-state index < -0.39 is 0 Å². The van der Waals surface area contributed by atoms with Crippen molar-refractivity contribution >= 4 is 15.9 Å². The summed E-state index contributed by atoms with van der Waals surface area (Å²) in [4.78, 5) is 0. The lowest BCUT2D eigenvalue weighted by molar-refractivity contribution is 0.280. The number of benzene rings is 1. The van der Waals surface area contributed by atoms with E-state index in [-0.39, 0.29) is 0 Å². The Morgan fingerprint density at radius 2 is 2.15 bits per heavy atom. The molecule has 2 bridgehead atoms. The Labute approximate surface area is 131 Å². The Balaban J connectivity index is 1.77. The fourth-order valence-electron chi connectivity index (χ4n) is 4.47. The molecule has 0 aromatic heterocycles. The van der Waals surface area contributed by atoms with E-state index in [0.29, 0.717) is 6.04 Å². The van der Waals surface area contributed by atoms with Crippen LogP contribution in [0, 0.1) is 24.7 Å². The first-order valence-electron chi connectivity index (χ1n) is 8.17. The van der Waals surface area contributed by atoms with Crippen molar-refractivity contribution < 1.29 is 0 Å². The molecule has 3 rings (SSSR count). The lowest BCUT2D eigenvalue weighted by Gasteiger charge is -2.28. The van der Waals surface area contributed by atoms with Crippen molar-refractivity contribution in [3.05, 3.63) is 33.8 Å². The number of nitrogens with one attached hydrogen (secondary N) is 1. The van der Waals surface area contributed by atoms with Crippen LogP contribution in [-0.2, 0) is 0 Å². The maximum absolute atomic E-state index is 3.80. The van der Waals surface area contributed by atoms with E-state index in [1.165, 1.54) is 47.7 Å². The molecule has 1 aromatic rings. The molecule has 0 aliphatic heterocycles. The van der Waals surface area contributed by atoms with Crippen LogP contribution in [0.3, 0.4) is 0 Å². The molecule has 2 heteroatoms. The summed E-state index contributed by atoms with van der Waals surface area (Å²) in [7, 11) is 0. The molecular weight excluding hydrogens is 310 g/mol. The standard InChI is InChI=1S/C18H26BrN/c1-3-20-17(16-6-4-5-12(2)18(16)19)11-15-10-13-7-8-14(15)9-13/h4-6,13-15,17,20H,3,7-11H2,1-2H3. The summed E-state index contributed by atoms with van der Waals surface area (Å²) in [5.41, 5.74) is 2.80. The van der Waals surface area contributed by atoms with Gasteiger partial charge in [-0.15, -0.1) is 0 Å². The summed E-state index contributed by atoms with van der Waals surface area (Å²) >= 11 is 3.80. The van der Waals surface area contributed by atoms with Crippen LogP contribution in [-0.4, -0.2) is 6.54 Å². The molecule has 0 saturated heterocycles. The van der Waals surface area contributed by atoms with Gasteiger partial charge in [0.15, 0.2) is 0 Å². The Morgan fingerprint density at radius 1 is 1.30 bits per heavy atom. The predicted molar refractivity (Wildman–Crippen MR) is 88.9 cm³/mol. The fourth-order valence-corrected chi connectivity index (χ4v) is 5.01. The zero-order valence-corrected chi connectivity index (χ0v) is 14.2. The summed E-state index contributed by atoms with van der Waals surface area (Å²) in [6.45, 7) is 5.46. The largest absolute Gasteiger partial charge is 0.310 e. The number of halogens is 1. The van der Waals surface area contributed by atoms with Crippen molar-refractivity contribution in [3.63, 3.8) is 0 Å². The first-order chi connectivity index (χ1) is 9.69. The van der Waals surface area contributed by atoms with Gasteiger partial charge in [0.2, 0.25) is 0 Å². The molecule has 2 aliphatic rings. The molecule has 2 fully saturated rings. The highest BCUT2D eigenvalue weighted by Gasteiger charge is 2.40. The molecule has 1 nitrogen and oxygen atoms in total. The van der Waals surface area contributed by atoms with Gasteiger partial charge in [0.1, 0.15) is 0 Å². The number of rotatable bonds is 5. The second-order valence-electron chi connectivity index (χ2n) is 6.76. The molecule has 2 saturated carbocycles. The minimum Gasteiger partial charge on any atom is -0.310 e. The Morgan fingerprint density at radius 3 is 2.80 bits per heavy atom. The molecule has 2 aliphatic carbocycles. The summed E-state index contributed by atoms with van der Waals surface area (Å²) < 4.78 is 1.30. The maximum Gasteiger partial charge on any atom is 0.0334 e. The number of hydrogen-bond acceptors (Lipinski definition) is 1. The van der Waals surface area contributed by atoms with Crippen LogP contribution in [0.4, 0.5) is 0 Å². The highest BCUT2D eigenvalue weighted by Crippen LogP contribution is 2.51. The summed E-state index contributed by atoms with van der Waals surface area (Å²) in [6.07, 6.45) is 7.30. The van der Waals surface area contributed by atoms with Crippen molar-refractivity contribution in [2.45, 2.75) is 52.0 Å². The number of fused-ring (bicyclic) bond motifs is 2. The zero-order chi connectivity index (χ0) is 14.1. The third-order valence-corrected chi connectivity index (χ3v) is 6.55. The van der Waals surface area contributed by atoms with Crippen LogP contribution < -0.4 is 5.32 Å². The minimum atomic E-state index is 0.513. The third kappa shape index (κ3) is 2.82. The monoisotopic (exact) mass is 335 g/mol. The van der Waals surface area contributed by atoms with Crippen molar-refractivity contribution in [2.75, 3.05) is 6.54 Å². The van der Waals surface area contributed by atoms with Crippen LogP contribution in [0.25, 0.3) is 0 Å². The quantitative estimate of drug-likeness (QED) is 0.776. The molecule has 110 valence electrons. The lowest BCUT2D eigenvalue weighted by Crippen LogP contribution is -2.26. The Bertz CT molecular complexity index is 470. The average Bonchev–Trinajstić information content (AvgIpc) is 3.04. The number of aryl methyl sites for hydroxylation is 1. The van der Waals surface area contributed by atoms with Gasteiger partial charge in [0.05, 0.1) is 0 Å². The molecule has 1 N–H and O–H groups in total. The smallest absolute Gasteiger partial charge is 0.0334 e. The van der Waals surface area contributed by atoms with Gasteiger partial charge in [-0.05, 0) is 68.0 Å². The topological polar surface area (TPSA) is 12.0 Å². The van der Waals surface area contributed by atoms with E-state index >= 15 is 0 Å². The van der Waals surface area contributed by atoms with Crippen molar-refractivity contribution in [3.8, 4) is 0 Å². The van der Waals surface area contributed by atoms with Crippen LogP contribution in [0.15, 0.2) is 22.7 Å². The van der Waals surface area contributed by atoms with E-state index in [1.54, 1.807) is 0 Å². The first-order valence-corrected chi connectivity index (χ1v) is 8.96. The van der Waals surface area contributed by atoms with Gasteiger partial charge in [0.25, 0.3) is 0 Å². The highest BCUT2D eigenvalue weighted by molar-refractivity contribution is 9.10. The van der Waals surface area contributed by atoms with E-state index in [2.05, 4.69) is 53.3 Å². The lowest BCUT2D eigenvalue weighted by atomic mass is 9.82. The van der Waals surface area contributed by atoms with Gasteiger partial charge >= 0.3 is 0 Å². The van der Waals surface area contributed by atoms with E-state index in [0.717, 1.165) is 24.3 Å². The number of hydrogen-bond donors (Lipinski definition) is 1. The van der Waals surface area contributed by atoms with Crippen molar-refractivity contribution in [2.24, 2.45) is 17.8 Å². The summed E-state index contributed by atoms with van der Waals surface area (Å²) in [5.74, 6) is 3.02. The van der Waals surface area contributed by atoms with Gasteiger partial charge in [-0.25, -0.2) is 0 Å². The fraction of sp³-hybridized carbons (Fsp3) is 0.667. The summed E-state index contributed by atoms with van der Waals surface area (Å²) in [5, 5.41) is 3.72. The van der Waals surface area contributed by atoms with Crippen molar-refractivity contribution in [1.82, 2.24) is 5.32 Å². The molecule has 0 radical (unpaired) electrons. The normalized spacial score (nSPS) is 29.9. The Hall–Kier alpha value is -0.340. The second-order valence-corrected chi connectivity index (χ2v) is 7.55. The minimum absolute atomic E-state index is 0.513. The SMILES string of the molecule is CCNC(CC1CC2CCC1C2)c1cccc(C)c1Br. The molecule has 0 spiro atoms. The highest BCUT2D eigenvalue weighted by atomic mass is 79.9. The van der Waals surface area contributed by atoms with Crippen molar-refractivity contribution in [1.29, 1.82) is 0 Å². The van der Waals surface area contributed by atoms with Gasteiger partial charge in [-0.3, -0.25) is 0 Å². The van der Waals surface area contributed by atoms with Crippen LogP contribution in [0.5, 0.6) is 0 Å². The van der Waals surface area contributed by atoms with Gasteiger partial charge < -0.3 is 5.32 Å². The molecular formula is C18H26BrN. The Kier molecular flexibility index (Phi) is 4.52. The molecule has 1 aromatic carbocycles. The van der Waals surface area contributed by atoms with E-state index in [9.17, 15) is 0 Å². The van der Waals surface area contributed by atoms with Crippen LogP contribution in [0.1, 0.15) is 56.2 Å². The molecule has 4 unspecified atom stereocenters. The van der Waals surface area contributed by atoms with Gasteiger partial charge in [-0.2, -0.15) is 0 Å². The second kappa shape index (κ2) is 6.19. The molecule has 20 heavy (non-hydrogen) atoms. The van der Waals surface area contributed by atoms with Crippen LogP contribution >= 0.6 is 15.9 Å².